The van der Waals surface area contributed by atoms with Gasteiger partial charge in [0.1, 0.15) is 11.5 Å². The molecule has 0 saturated carbocycles. The van der Waals surface area contributed by atoms with Crippen molar-refractivity contribution in [3.8, 4) is 17.2 Å². The smallest absolute Gasteiger partial charge is 0.295 e. The van der Waals surface area contributed by atoms with Gasteiger partial charge in [-0.3, -0.25) is 9.59 Å². The summed E-state index contributed by atoms with van der Waals surface area (Å²) in [6, 6.07) is 8.67. The Kier molecular flexibility index (Phi) is 6.50. The molecule has 1 unspecified atom stereocenters. The normalized spacial score (nSPS) is 17.8. The third-order valence-corrected chi connectivity index (χ3v) is 5.26. The molecule has 0 aliphatic carbocycles. The summed E-state index contributed by atoms with van der Waals surface area (Å²) >= 11 is 0. The lowest BCUT2D eigenvalue weighted by Crippen LogP contribution is -2.32. The highest BCUT2D eigenvalue weighted by atomic mass is 16.5. The average Bonchev–Trinajstić information content (AvgIpc) is 3.02. The zero-order valence-electron chi connectivity index (χ0n) is 17.8. The van der Waals surface area contributed by atoms with Gasteiger partial charge >= 0.3 is 0 Å². The molecule has 1 fully saturated rings. The minimum absolute atomic E-state index is 0.0431. The Morgan fingerprint density at radius 1 is 1.03 bits per heavy atom. The van der Waals surface area contributed by atoms with E-state index in [1.165, 1.54) is 31.3 Å². The molecule has 1 atom stereocenters. The number of aromatic hydroxyl groups is 1. The number of phenols is 1. The fourth-order valence-electron chi connectivity index (χ4n) is 3.69. The van der Waals surface area contributed by atoms with Crippen LogP contribution in [0.1, 0.15) is 22.7 Å². The van der Waals surface area contributed by atoms with E-state index in [1.54, 1.807) is 31.4 Å². The highest BCUT2D eigenvalue weighted by Gasteiger charge is 2.46. The summed E-state index contributed by atoms with van der Waals surface area (Å²) < 4.78 is 15.5. The summed E-state index contributed by atoms with van der Waals surface area (Å²) in [6.45, 7) is 2.17. The van der Waals surface area contributed by atoms with Crippen LogP contribution in [0.15, 0.2) is 42.0 Å². The molecule has 2 aromatic rings. The van der Waals surface area contributed by atoms with Gasteiger partial charge in [-0.05, 0) is 48.4 Å². The maximum atomic E-state index is 13.0. The van der Waals surface area contributed by atoms with E-state index in [2.05, 4.69) is 0 Å². The Bertz CT molecular complexity index is 1040. The summed E-state index contributed by atoms with van der Waals surface area (Å²) in [7, 11) is 4.44. The molecule has 0 radical (unpaired) electrons. The molecule has 8 nitrogen and oxygen atoms in total. The van der Waals surface area contributed by atoms with E-state index in [0.717, 1.165) is 5.56 Å². The molecule has 2 N–H and O–H groups in total. The number of hydrogen-bond donors (Lipinski definition) is 2. The first-order chi connectivity index (χ1) is 14.8. The van der Waals surface area contributed by atoms with Crippen molar-refractivity contribution >= 4 is 17.4 Å². The second kappa shape index (κ2) is 9.09. The van der Waals surface area contributed by atoms with E-state index < -0.39 is 17.7 Å². The Morgan fingerprint density at radius 3 is 2.35 bits per heavy atom. The van der Waals surface area contributed by atoms with Gasteiger partial charge < -0.3 is 29.3 Å². The topological polar surface area (TPSA) is 106 Å². The summed E-state index contributed by atoms with van der Waals surface area (Å²) in [4.78, 5) is 27.1. The van der Waals surface area contributed by atoms with Crippen LogP contribution in [0.5, 0.6) is 17.2 Å². The quantitative estimate of drug-likeness (QED) is 0.398. The number of aryl methyl sites for hydroxylation is 1. The minimum atomic E-state index is -0.868. The number of rotatable bonds is 7. The van der Waals surface area contributed by atoms with Crippen molar-refractivity contribution in [1.29, 1.82) is 0 Å². The van der Waals surface area contributed by atoms with Crippen molar-refractivity contribution in [2.24, 2.45) is 0 Å². The number of benzene rings is 2. The van der Waals surface area contributed by atoms with E-state index in [9.17, 15) is 19.8 Å². The third-order valence-electron chi connectivity index (χ3n) is 5.26. The molecule has 2 aromatic carbocycles. The first-order valence-electron chi connectivity index (χ1n) is 9.63. The van der Waals surface area contributed by atoms with E-state index >= 15 is 0 Å². The second-order valence-corrected chi connectivity index (χ2v) is 7.10. The Labute approximate surface area is 180 Å². The molecule has 1 amide bonds. The SMILES string of the molecule is COCCN1C(=O)C(=O)C(=C(O)c2ccc(OC)c(C)c2)C1c1ccc(O)c(OC)c1. The molecule has 1 heterocycles. The number of carbonyl (C=O) groups excluding carboxylic acids is 2. The summed E-state index contributed by atoms with van der Waals surface area (Å²) in [5.41, 5.74) is 1.62. The number of aliphatic hydroxyl groups excluding tert-OH is 1. The molecular weight excluding hydrogens is 402 g/mol. The standard InChI is InChI=1S/C23H25NO7/c1-13-11-15(6-8-17(13)30-3)21(26)19-20(14-5-7-16(25)18(12-14)31-4)24(9-10-29-2)23(28)22(19)27/h5-8,11-12,20,25-26H,9-10H2,1-4H3. The summed E-state index contributed by atoms with van der Waals surface area (Å²) in [5, 5.41) is 21.0. The van der Waals surface area contributed by atoms with Crippen LogP contribution in [0, 0.1) is 6.92 Å². The maximum Gasteiger partial charge on any atom is 0.295 e. The van der Waals surface area contributed by atoms with Crippen LogP contribution < -0.4 is 9.47 Å². The minimum Gasteiger partial charge on any atom is -0.507 e. The van der Waals surface area contributed by atoms with Crippen molar-refractivity contribution < 1.29 is 34.0 Å². The molecular formula is C23H25NO7. The lowest BCUT2D eigenvalue weighted by atomic mass is 9.94. The number of amides is 1. The lowest BCUT2D eigenvalue weighted by molar-refractivity contribution is -0.140. The number of methoxy groups -OCH3 is 3. The number of hydrogen-bond acceptors (Lipinski definition) is 7. The van der Waals surface area contributed by atoms with Crippen LogP contribution in [0.2, 0.25) is 0 Å². The van der Waals surface area contributed by atoms with Gasteiger partial charge in [-0.15, -0.1) is 0 Å². The van der Waals surface area contributed by atoms with Gasteiger partial charge in [0.25, 0.3) is 11.7 Å². The summed E-state index contributed by atoms with van der Waals surface area (Å²) in [5.74, 6) is -1.07. The van der Waals surface area contributed by atoms with Gasteiger partial charge in [-0.25, -0.2) is 0 Å². The van der Waals surface area contributed by atoms with Crippen molar-refractivity contribution in [3.05, 3.63) is 58.7 Å². The van der Waals surface area contributed by atoms with Gasteiger partial charge in [-0.1, -0.05) is 6.07 Å². The van der Waals surface area contributed by atoms with Gasteiger partial charge in [0.15, 0.2) is 11.5 Å². The zero-order chi connectivity index (χ0) is 22.7. The Hall–Kier alpha value is -3.52. The Morgan fingerprint density at radius 2 is 1.74 bits per heavy atom. The molecule has 31 heavy (non-hydrogen) atoms. The number of aliphatic hydroxyl groups is 1. The fourth-order valence-corrected chi connectivity index (χ4v) is 3.69. The predicted octanol–water partition coefficient (Wildman–Crippen LogP) is 2.79. The van der Waals surface area contributed by atoms with Crippen molar-refractivity contribution in [2.75, 3.05) is 34.5 Å². The van der Waals surface area contributed by atoms with E-state index in [-0.39, 0.29) is 36.0 Å². The van der Waals surface area contributed by atoms with E-state index in [0.29, 0.717) is 16.9 Å². The van der Waals surface area contributed by atoms with E-state index in [1.807, 2.05) is 6.92 Å². The fraction of sp³-hybridized carbons (Fsp3) is 0.304. The highest BCUT2D eigenvalue weighted by Crippen LogP contribution is 2.41. The van der Waals surface area contributed by atoms with Gasteiger partial charge in [0.05, 0.1) is 32.4 Å². The number of nitrogens with zero attached hydrogens (tertiary/aromatic N) is 1. The predicted molar refractivity (Wildman–Crippen MR) is 113 cm³/mol. The molecule has 0 spiro atoms. The largest absolute Gasteiger partial charge is 0.507 e. The number of ether oxygens (including phenoxy) is 3. The molecule has 1 aliphatic rings. The first kappa shape index (κ1) is 22.2. The van der Waals surface area contributed by atoms with Crippen LogP contribution in [0.4, 0.5) is 0 Å². The molecule has 3 rings (SSSR count). The monoisotopic (exact) mass is 427 g/mol. The van der Waals surface area contributed by atoms with Gasteiger partial charge in [0, 0.05) is 19.2 Å². The number of phenolic OH excluding ortho intramolecular Hbond substituents is 1. The lowest BCUT2D eigenvalue weighted by Gasteiger charge is -2.25. The average molecular weight is 427 g/mol. The zero-order valence-corrected chi connectivity index (χ0v) is 17.8. The van der Waals surface area contributed by atoms with Crippen LogP contribution >= 0.6 is 0 Å². The van der Waals surface area contributed by atoms with Crippen molar-refractivity contribution in [2.45, 2.75) is 13.0 Å². The number of ketones is 1. The molecule has 0 bridgehead atoms. The number of likely N-dealkylation sites (tertiary alicyclic amines) is 1. The van der Waals surface area contributed by atoms with Crippen LogP contribution in [0.25, 0.3) is 5.76 Å². The number of carbonyl (C=O) groups is 2. The van der Waals surface area contributed by atoms with Crippen molar-refractivity contribution in [3.63, 3.8) is 0 Å². The van der Waals surface area contributed by atoms with Crippen molar-refractivity contribution in [1.82, 2.24) is 4.90 Å². The number of Topliss-reactive ketones (excluding diaryl/α,β-unsaturated/α-hetero) is 1. The summed E-state index contributed by atoms with van der Waals surface area (Å²) in [6.07, 6.45) is 0. The molecule has 0 aromatic heterocycles. The molecule has 164 valence electrons. The highest BCUT2D eigenvalue weighted by molar-refractivity contribution is 6.46. The van der Waals surface area contributed by atoms with Crippen LogP contribution in [-0.4, -0.2) is 61.3 Å². The van der Waals surface area contributed by atoms with Gasteiger partial charge in [0.2, 0.25) is 0 Å². The van der Waals surface area contributed by atoms with E-state index in [4.69, 9.17) is 14.2 Å². The molecule has 1 saturated heterocycles. The Balaban J connectivity index is 2.19. The molecule has 1 aliphatic heterocycles. The van der Waals surface area contributed by atoms with Gasteiger partial charge in [-0.2, -0.15) is 0 Å². The van der Waals surface area contributed by atoms with Crippen LogP contribution in [-0.2, 0) is 14.3 Å². The second-order valence-electron chi connectivity index (χ2n) is 7.10. The third kappa shape index (κ3) is 4.06. The maximum absolute atomic E-state index is 13.0. The first-order valence-corrected chi connectivity index (χ1v) is 9.63. The molecule has 8 heteroatoms. The van der Waals surface area contributed by atoms with Crippen LogP contribution in [0.3, 0.4) is 0 Å².